The van der Waals surface area contributed by atoms with Gasteiger partial charge in [0.2, 0.25) is 0 Å². The Bertz CT molecular complexity index is 313. The molecule has 0 saturated carbocycles. The minimum Gasteiger partial charge on any atom is -0.380 e. The van der Waals surface area contributed by atoms with E-state index in [1.807, 2.05) is 6.07 Å². The van der Waals surface area contributed by atoms with Crippen LogP contribution in [0.5, 0.6) is 0 Å². The van der Waals surface area contributed by atoms with Gasteiger partial charge in [0.05, 0.1) is 10.7 Å². The van der Waals surface area contributed by atoms with Crippen molar-refractivity contribution < 1.29 is 0 Å². The smallest absolute Gasteiger partial charge is 0.0820 e. The molecule has 1 N–H and O–H groups in total. The predicted octanol–water partition coefficient (Wildman–Crippen LogP) is 2.88. The molecular weight excluding hydrogens is 222 g/mol. The van der Waals surface area contributed by atoms with Crippen LogP contribution in [0.1, 0.15) is 20.8 Å². The summed E-state index contributed by atoms with van der Waals surface area (Å²) in [6.07, 6.45) is 3.41. The highest BCUT2D eigenvalue weighted by molar-refractivity contribution is 6.33. The van der Waals surface area contributed by atoms with Gasteiger partial charge in [0.25, 0.3) is 0 Å². The van der Waals surface area contributed by atoms with Gasteiger partial charge in [0, 0.05) is 25.0 Å². The Balaban J connectivity index is 2.51. The Morgan fingerprint density at radius 1 is 1.44 bits per heavy atom. The predicted molar refractivity (Wildman–Crippen MR) is 70.1 cm³/mol. The van der Waals surface area contributed by atoms with Crippen molar-refractivity contribution in [2.45, 2.75) is 26.8 Å². The fourth-order valence-electron chi connectivity index (χ4n) is 1.67. The van der Waals surface area contributed by atoms with Crippen LogP contribution in [0.3, 0.4) is 0 Å². The van der Waals surface area contributed by atoms with Gasteiger partial charge in [-0.2, -0.15) is 0 Å². The van der Waals surface area contributed by atoms with E-state index in [0.29, 0.717) is 11.1 Å². The molecule has 4 heteroatoms. The second kappa shape index (κ2) is 6.71. The van der Waals surface area contributed by atoms with Crippen molar-refractivity contribution in [2.24, 2.45) is 0 Å². The largest absolute Gasteiger partial charge is 0.380 e. The summed E-state index contributed by atoms with van der Waals surface area (Å²) in [4.78, 5) is 6.34. The summed E-state index contributed by atoms with van der Waals surface area (Å²) in [5, 5.41) is 4.07. The molecule has 0 aliphatic carbocycles. The van der Waals surface area contributed by atoms with Crippen molar-refractivity contribution in [3.05, 3.63) is 23.5 Å². The monoisotopic (exact) mass is 241 g/mol. The first-order valence-electron chi connectivity index (χ1n) is 5.75. The number of pyridine rings is 1. The van der Waals surface area contributed by atoms with Crippen molar-refractivity contribution in [3.8, 4) is 0 Å². The number of rotatable bonds is 6. The molecule has 0 saturated heterocycles. The second-order valence-electron chi connectivity index (χ2n) is 3.89. The summed E-state index contributed by atoms with van der Waals surface area (Å²) in [6, 6.07) is 2.28. The van der Waals surface area contributed by atoms with Crippen LogP contribution in [0.25, 0.3) is 0 Å². The van der Waals surface area contributed by atoms with Crippen molar-refractivity contribution in [2.75, 3.05) is 25.0 Å². The van der Waals surface area contributed by atoms with E-state index in [2.05, 4.69) is 36.0 Å². The van der Waals surface area contributed by atoms with Gasteiger partial charge in [0.15, 0.2) is 0 Å². The number of hydrogen-bond acceptors (Lipinski definition) is 3. The first kappa shape index (κ1) is 13.3. The lowest BCUT2D eigenvalue weighted by atomic mass is 10.2. The first-order valence-corrected chi connectivity index (χ1v) is 6.13. The molecule has 0 fully saturated rings. The molecule has 0 spiro atoms. The van der Waals surface area contributed by atoms with E-state index in [9.17, 15) is 0 Å². The molecule has 0 aliphatic rings. The van der Waals surface area contributed by atoms with Gasteiger partial charge in [-0.15, -0.1) is 0 Å². The second-order valence-corrected chi connectivity index (χ2v) is 4.29. The van der Waals surface area contributed by atoms with E-state index >= 15 is 0 Å². The third-order valence-corrected chi connectivity index (χ3v) is 2.90. The lowest BCUT2D eigenvalue weighted by Gasteiger charge is -2.24. The third-order valence-electron chi connectivity index (χ3n) is 2.60. The molecule has 16 heavy (non-hydrogen) atoms. The number of likely N-dealkylation sites (N-methyl/N-ethyl adjacent to an activating group) is 1. The van der Waals surface area contributed by atoms with E-state index in [1.165, 1.54) is 0 Å². The average molecular weight is 242 g/mol. The van der Waals surface area contributed by atoms with Gasteiger partial charge in [0.1, 0.15) is 0 Å². The lowest BCUT2D eigenvalue weighted by molar-refractivity contribution is 0.295. The standard InChI is InChI=1S/C12H20ClN3/c1-4-16(5-2)9-10(3)15-12-6-7-14-8-11(12)13/h6-8,10H,4-5,9H2,1-3H3,(H,14,15). The van der Waals surface area contributed by atoms with Crippen LogP contribution in [-0.2, 0) is 0 Å². The van der Waals surface area contributed by atoms with Crippen LogP contribution in [0.15, 0.2) is 18.5 Å². The minimum absolute atomic E-state index is 0.375. The molecule has 3 nitrogen and oxygen atoms in total. The number of halogens is 1. The minimum atomic E-state index is 0.375. The van der Waals surface area contributed by atoms with E-state index < -0.39 is 0 Å². The summed E-state index contributed by atoms with van der Waals surface area (Å²) in [5.41, 5.74) is 0.955. The van der Waals surface area contributed by atoms with Crippen molar-refractivity contribution in [1.29, 1.82) is 0 Å². The van der Waals surface area contributed by atoms with E-state index in [1.54, 1.807) is 12.4 Å². The maximum atomic E-state index is 6.03. The Morgan fingerprint density at radius 2 is 2.12 bits per heavy atom. The highest BCUT2D eigenvalue weighted by Crippen LogP contribution is 2.19. The summed E-state index contributed by atoms with van der Waals surface area (Å²) < 4.78 is 0. The highest BCUT2D eigenvalue weighted by atomic mass is 35.5. The maximum Gasteiger partial charge on any atom is 0.0820 e. The number of nitrogens with zero attached hydrogens (tertiary/aromatic N) is 2. The zero-order chi connectivity index (χ0) is 12.0. The molecule has 1 aromatic rings. The van der Waals surface area contributed by atoms with Crippen LogP contribution in [0.4, 0.5) is 5.69 Å². The molecule has 0 bridgehead atoms. The van der Waals surface area contributed by atoms with Crippen molar-refractivity contribution in [3.63, 3.8) is 0 Å². The van der Waals surface area contributed by atoms with Crippen LogP contribution in [0.2, 0.25) is 5.02 Å². The van der Waals surface area contributed by atoms with Gasteiger partial charge in [-0.1, -0.05) is 25.4 Å². The molecular formula is C12H20ClN3. The third kappa shape index (κ3) is 3.99. The number of hydrogen-bond donors (Lipinski definition) is 1. The Kier molecular flexibility index (Phi) is 5.56. The van der Waals surface area contributed by atoms with E-state index in [4.69, 9.17) is 11.6 Å². The molecule has 1 heterocycles. The van der Waals surface area contributed by atoms with Crippen LogP contribution in [-0.4, -0.2) is 35.6 Å². The average Bonchev–Trinajstić information content (AvgIpc) is 2.29. The molecule has 1 atom stereocenters. The zero-order valence-corrected chi connectivity index (χ0v) is 11.0. The van der Waals surface area contributed by atoms with Crippen molar-refractivity contribution >= 4 is 17.3 Å². The molecule has 0 amide bonds. The summed E-state index contributed by atoms with van der Waals surface area (Å²) in [5.74, 6) is 0. The fourth-order valence-corrected chi connectivity index (χ4v) is 1.85. The number of nitrogens with one attached hydrogen (secondary N) is 1. The highest BCUT2D eigenvalue weighted by Gasteiger charge is 2.08. The Hall–Kier alpha value is -0.800. The molecule has 0 radical (unpaired) electrons. The molecule has 1 rings (SSSR count). The van der Waals surface area contributed by atoms with Crippen LogP contribution < -0.4 is 5.32 Å². The van der Waals surface area contributed by atoms with Gasteiger partial charge >= 0.3 is 0 Å². The molecule has 90 valence electrons. The topological polar surface area (TPSA) is 28.2 Å². The molecule has 1 aromatic heterocycles. The van der Waals surface area contributed by atoms with Crippen molar-refractivity contribution in [1.82, 2.24) is 9.88 Å². The van der Waals surface area contributed by atoms with Gasteiger partial charge < -0.3 is 10.2 Å². The summed E-state index contributed by atoms with van der Waals surface area (Å²) >= 11 is 6.03. The SMILES string of the molecule is CCN(CC)CC(C)Nc1ccncc1Cl. The Labute approximate surface area is 103 Å². The van der Waals surface area contributed by atoms with Crippen LogP contribution in [0, 0.1) is 0 Å². The molecule has 0 aromatic carbocycles. The zero-order valence-electron chi connectivity index (χ0n) is 10.2. The molecule has 1 unspecified atom stereocenters. The lowest BCUT2D eigenvalue weighted by Crippen LogP contribution is -2.34. The van der Waals surface area contributed by atoms with E-state index in [0.717, 1.165) is 25.3 Å². The normalized spacial score (nSPS) is 12.8. The maximum absolute atomic E-state index is 6.03. The van der Waals surface area contributed by atoms with Crippen LogP contribution >= 0.6 is 11.6 Å². The summed E-state index contributed by atoms with van der Waals surface area (Å²) in [7, 11) is 0. The Morgan fingerprint density at radius 3 is 2.69 bits per heavy atom. The summed E-state index contributed by atoms with van der Waals surface area (Å²) in [6.45, 7) is 9.69. The van der Waals surface area contributed by atoms with Gasteiger partial charge in [-0.25, -0.2) is 0 Å². The van der Waals surface area contributed by atoms with Gasteiger partial charge in [-0.3, -0.25) is 4.98 Å². The quantitative estimate of drug-likeness (QED) is 0.830. The van der Waals surface area contributed by atoms with Gasteiger partial charge in [-0.05, 0) is 26.1 Å². The molecule has 0 aliphatic heterocycles. The number of aromatic nitrogens is 1. The first-order chi connectivity index (χ1) is 7.67. The fraction of sp³-hybridized carbons (Fsp3) is 0.583. The number of anilines is 1. The van der Waals surface area contributed by atoms with E-state index in [-0.39, 0.29) is 0 Å².